The van der Waals surface area contributed by atoms with E-state index in [0.29, 0.717) is 6.61 Å². The van der Waals surface area contributed by atoms with Gasteiger partial charge in [0.2, 0.25) is 0 Å². The summed E-state index contributed by atoms with van der Waals surface area (Å²) < 4.78 is 5.74. The Balaban J connectivity index is 2.02. The highest BCUT2D eigenvalue weighted by molar-refractivity contribution is 5.45. The summed E-state index contributed by atoms with van der Waals surface area (Å²) in [5.41, 5.74) is 7.20. The summed E-state index contributed by atoms with van der Waals surface area (Å²) in [5, 5.41) is 0. The minimum absolute atomic E-state index is 0.585. The van der Waals surface area contributed by atoms with Crippen molar-refractivity contribution < 1.29 is 4.74 Å². The Morgan fingerprint density at radius 1 is 1.06 bits per heavy atom. The van der Waals surface area contributed by atoms with Gasteiger partial charge in [-0.15, -0.1) is 0 Å². The molecule has 0 bridgehead atoms. The van der Waals surface area contributed by atoms with Crippen LogP contribution < -0.4 is 16.0 Å². The van der Waals surface area contributed by atoms with E-state index in [-0.39, 0.29) is 0 Å². The van der Waals surface area contributed by atoms with Gasteiger partial charge in [-0.05, 0) is 49.2 Å². The number of rotatable bonds is 4. The molecule has 0 unspecified atom stereocenters. The predicted octanol–water partition coefficient (Wildman–Crippen LogP) is 3.17. The molecule has 0 aliphatic rings. The third-order valence-corrected chi connectivity index (χ3v) is 2.91. The second kappa shape index (κ2) is 5.56. The first-order chi connectivity index (χ1) is 8.69. The van der Waals surface area contributed by atoms with Crippen LogP contribution in [-0.4, -0.2) is 0 Å². The van der Waals surface area contributed by atoms with Crippen LogP contribution in [0.5, 0.6) is 5.75 Å². The third kappa shape index (κ3) is 3.02. The topological polar surface area (TPSA) is 47.3 Å². The van der Waals surface area contributed by atoms with Crippen LogP contribution in [0.25, 0.3) is 0 Å². The highest BCUT2D eigenvalue weighted by atomic mass is 16.5. The van der Waals surface area contributed by atoms with Crippen molar-refractivity contribution in [2.75, 3.05) is 5.43 Å². The Kier molecular flexibility index (Phi) is 3.85. The number of hydrogen-bond acceptors (Lipinski definition) is 3. The maximum Gasteiger partial charge on any atom is 0.119 e. The zero-order valence-corrected chi connectivity index (χ0v) is 10.7. The van der Waals surface area contributed by atoms with E-state index >= 15 is 0 Å². The molecule has 0 atom stereocenters. The largest absolute Gasteiger partial charge is 0.489 e. The highest BCUT2D eigenvalue weighted by Gasteiger charge is 2.00. The minimum Gasteiger partial charge on any atom is -0.489 e. The van der Waals surface area contributed by atoms with Crippen molar-refractivity contribution in [2.24, 2.45) is 5.84 Å². The quantitative estimate of drug-likeness (QED) is 0.639. The van der Waals surface area contributed by atoms with E-state index in [1.807, 2.05) is 24.3 Å². The van der Waals surface area contributed by atoms with Gasteiger partial charge < -0.3 is 10.2 Å². The molecule has 0 fully saturated rings. The lowest BCUT2D eigenvalue weighted by molar-refractivity contribution is 0.305. The summed E-state index contributed by atoms with van der Waals surface area (Å²) in [5.74, 6) is 6.15. The molecule has 0 aliphatic heterocycles. The van der Waals surface area contributed by atoms with Crippen molar-refractivity contribution in [3.63, 3.8) is 0 Å². The van der Waals surface area contributed by atoms with Gasteiger partial charge in [0.15, 0.2) is 0 Å². The Hall–Kier alpha value is -2.00. The summed E-state index contributed by atoms with van der Waals surface area (Å²) in [6.07, 6.45) is 0. The number of aryl methyl sites for hydroxylation is 2. The van der Waals surface area contributed by atoms with Gasteiger partial charge in [-0.25, -0.2) is 0 Å². The number of ether oxygens (including phenoxy) is 1. The molecule has 2 aromatic rings. The van der Waals surface area contributed by atoms with Gasteiger partial charge in [-0.3, -0.25) is 5.84 Å². The Bertz CT molecular complexity index is 521. The maximum atomic E-state index is 5.74. The van der Waals surface area contributed by atoms with Crippen molar-refractivity contribution in [1.29, 1.82) is 0 Å². The SMILES string of the molecule is Cc1ccc(COc2ccc(NN)cc2)c(C)c1. The molecule has 2 aromatic carbocycles. The van der Waals surface area contributed by atoms with Crippen molar-refractivity contribution in [3.05, 3.63) is 59.2 Å². The van der Waals surface area contributed by atoms with Gasteiger partial charge >= 0.3 is 0 Å². The summed E-state index contributed by atoms with van der Waals surface area (Å²) in [6, 6.07) is 14.0. The Morgan fingerprint density at radius 3 is 2.39 bits per heavy atom. The van der Waals surface area contributed by atoms with Crippen LogP contribution in [0, 0.1) is 13.8 Å². The molecular weight excluding hydrogens is 224 g/mol. The fraction of sp³-hybridized carbons (Fsp3) is 0.200. The first kappa shape index (κ1) is 12.5. The molecule has 0 heterocycles. The Morgan fingerprint density at radius 2 is 1.78 bits per heavy atom. The molecule has 0 spiro atoms. The monoisotopic (exact) mass is 242 g/mol. The molecule has 0 aliphatic carbocycles. The van der Waals surface area contributed by atoms with Crippen LogP contribution in [0.1, 0.15) is 16.7 Å². The normalized spacial score (nSPS) is 10.2. The summed E-state index contributed by atoms with van der Waals surface area (Å²) >= 11 is 0. The number of nitrogens with one attached hydrogen (secondary N) is 1. The number of hydrazine groups is 1. The first-order valence-corrected chi connectivity index (χ1v) is 5.94. The van der Waals surface area contributed by atoms with Gasteiger partial charge in [0.05, 0.1) is 0 Å². The molecule has 94 valence electrons. The van der Waals surface area contributed by atoms with Crippen LogP contribution >= 0.6 is 0 Å². The fourth-order valence-electron chi connectivity index (χ4n) is 1.82. The summed E-state index contributed by atoms with van der Waals surface area (Å²) in [6.45, 7) is 4.78. The molecule has 3 N–H and O–H groups in total. The molecular formula is C15H18N2O. The zero-order valence-electron chi connectivity index (χ0n) is 10.7. The highest BCUT2D eigenvalue weighted by Crippen LogP contribution is 2.18. The van der Waals surface area contributed by atoms with E-state index in [4.69, 9.17) is 10.6 Å². The van der Waals surface area contributed by atoms with Crippen LogP contribution in [0.15, 0.2) is 42.5 Å². The molecule has 0 saturated carbocycles. The second-order valence-electron chi connectivity index (χ2n) is 4.39. The lowest BCUT2D eigenvalue weighted by Gasteiger charge is -2.10. The minimum atomic E-state index is 0.585. The van der Waals surface area contributed by atoms with Crippen molar-refractivity contribution in [3.8, 4) is 5.75 Å². The molecule has 18 heavy (non-hydrogen) atoms. The van der Waals surface area contributed by atoms with E-state index in [9.17, 15) is 0 Å². The molecule has 0 aromatic heterocycles. The van der Waals surface area contributed by atoms with E-state index in [1.165, 1.54) is 16.7 Å². The van der Waals surface area contributed by atoms with Crippen LogP contribution in [0.3, 0.4) is 0 Å². The van der Waals surface area contributed by atoms with Gasteiger partial charge in [0, 0.05) is 5.69 Å². The smallest absolute Gasteiger partial charge is 0.119 e. The number of nitrogens with two attached hydrogens (primary N) is 1. The van der Waals surface area contributed by atoms with E-state index in [1.54, 1.807) is 0 Å². The average Bonchev–Trinajstić information content (AvgIpc) is 2.38. The molecule has 3 heteroatoms. The third-order valence-electron chi connectivity index (χ3n) is 2.91. The average molecular weight is 242 g/mol. The predicted molar refractivity (Wildman–Crippen MR) is 74.5 cm³/mol. The standard InChI is InChI=1S/C15H18N2O/c1-11-3-4-13(12(2)9-11)10-18-15-7-5-14(17-16)6-8-15/h3-9,17H,10,16H2,1-2H3. The lowest BCUT2D eigenvalue weighted by atomic mass is 10.1. The van der Waals surface area contributed by atoms with E-state index < -0.39 is 0 Å². The zero-order chi connectivity index (χ0) is 13.0. The number of benzene rings is 2. The first-order valence-electron chi connectivity index (χ1n) is 5.94. The molecule has 0 amide bonds. The Labute approximate surface area is 108 Å². The van der Waals surface area contributed by atoms with Gasteiger partial charge in [0.25, 0.3) is 0 Å². The van der Waals surface area contributed by atoms with Gasteiger partial charge in [-0.1, -0.05) is 23.8 Å². The van der Waals surface area contributed by atoms with Crippen molar-refractivity contribution in [2.45, 2.75) is 20.5 Å². The lowest BCUT2D eigenvalue weighted by Crippen LogP contribution is -2.06. The number of anilines is 1. The van der Waals surface area contributed by atoms with Crippen LogP contribution in [0.2, 0.25) is 0 Å². The van der Waals surface area contributed by atoms with E-state index in [2.05, 4.69) is 37.5 Å². The molecule has 3 nitrogen and oxygen atoms in total. The van der Waals surface area contributed by atoms with Crippen molar-refractivity contribution in [1.82, 2.24) is 0 Å². The van der Waals surface area contributed by atoms with Crippen LogP contribution in [-0.2, 0) is 6.61 Å². The summed E-state index contributed by atoms with van der Waals surface area (Å²) in [7, 11) is 0. The second-order valence-corrected chi connectivity index (χ2v) is 4.39. The molecule has 0 radical (unpaired) electrons. The molecule has 2 rings (SSSR count). The van der Waals surface area contributed by atoms with Gasteiger partial charge in [-0.2, -0.15) is 0 Å². The number of hydrogen-bond donors (Lipinski definition) is 2. The fourth-order valence-corrected chi connectivity index (χ4v) is 1.82. The number of nitrogen functional groups attached to an aromatic ring is 1. The van der Waals surface area contributed by atoms with Crippen molar-refractivity contribution >= 4 is 5.69 Å². The summed E-state index contributed by atoms with van der Waals surface area (Å²) in [4.78, 5) is 0. The van der Waals surface area contributed by atoms with Crippen LogP contribution in [0.4, 0.5) is 5.69 Å². The van der Waals surface area contributed by atoms with Gasteiger partial charge in [0.1, 0.15) is 12.4 Å². The van der Waals surface area contributed by atoms with E-state index in [0.717, 1.165) is 11.4 Å². The maximum absolute atomic E-state index is 5.74. The molecule has 0 saturated heterocycles.